The highest BCUT2D eigenvalue weighted by Gasteiger charge is 2.31. The van der Waals surface area contributed by atoms with E-state index in [1.807, 2.05) is 0 Å². The van der Waals surface area contributed by atoms with Crippen molar-refractivity contribution in [3.05, 3.63) is 0 Å². The van der Waals surface area contributed by atoms with Crippen LogP contribution in [0, 0.1) is 23.7 Å². The van der Waals surface area contributed by atoms with Gasteiger partial charge in [0, 0.05) is 0 Å². The Bertz CT molecular complexity index is 112. The molecule has 0 aromatic heterocycles. The molecule has 1 saturated carbocycles. The van der Waals surface area contributed by atoms with Gasteiger partial charge >= 0.3 is 0 Å². The maximum absolute atomic E-state index is 2.46. The van der Waals surface area contributed by atoms with Crippen LogP contribution in [0.4, 0.5) is 0 Å². The zero-order valence-corrected chi connectivity index (χ0v) is 9.14. The monoisotopic (exact) mass is 168 g/mol. The van der Waals surface area contributed by atoms with Gasteiger partial charge in [-0.3, -0.25) is 0 Å². The van der Waals surface area contributed by atoms with Crippen LogP contribution < -0.4 is 0 Å². The normalized spacial score (nSPS) is 43.0. The Kier molecular flexibility index (Phi) is 3.61. The molecule has 1 fully saturated rings. The van der Waals surface area contributed by atoms with Gasteiger partial charge in [-0.05, 0) is 36.5 Å². The minimum Gasteiger partial charge on any atom is -0.0651 e. The molecule has 1 aliphatic rings. The lowest BCUT2D eigenvalue weighted by Gasteiger charge is -2.39. The van der Waals surface area contributed by atoms with Gasteiger partial charge in [0.15, 0.2) is 0 Å². The zero-order valence-electron chi connectivity index (χ0n) is 9.14. The van der Waals surface area contributed by atoms with E-state index in [1.165, 1.54) is 25.7 Å². The summed E-state index contributed by atoms with van der Waals surface area (Å²) in [4.78, 5) is 0. The highest BCUT2D eigenvalue weighted by Crippen LogP contribution is 2.40. The fraction of sp³-hybridized carbons (Fsp3) is 1.00. The van der Waals surface area contributed by atoms with Gasteiger partial charge in [0.05, 0.1) is 0 Å². The van der Waals surface area contributed by atoms with Crippen LogP contribution in [-0.2, 0) is 0 Å². The number of rotatable bonds is 2. The lowest BCUT2D eigenvalue weighted by atomic mass is 9.66. The van der Waals surface area contributed by atoms with E-state index in [0.717, 1.165) is 23.7 Å². The zero-order chi connectivity index (χ0) is 9.14. The third kappa shape index (κ3) is 1.84. The molecule has 0 amide bonds. The van der Waals surface area contributed by atoms with Crippen LogP contribution in [0.25, 0.3) is 0 Å². The van der Waals surface area contributed by atoms with Crippen molar-refractivity contribution in [2.24, 2.45) is 23.7 Å². The molecular weight excluding hydrogens is 144 g/mol. The Morgan fingerprint density at radius 1 is 0.833 bits per heavy atom. The van der Waals surface area contributed by atoms with Gasteiger partial charge in [0.2, 0.25) is 0 Å². The van der Waals surface area contributed by atoms with Crippen LogP contribution in [0.2, 0.25) is 0 Å². The van der Waals surface area contributed by atoms with Crippen LogP contribution in [0.15, 0.2) is 0 Å². The van der Waals surface area contributed by atoms with E-state index in [1.54, 1.807) is 0 Å². The Labute approximate surface area is 77.7 Å². The SMILES string of the molecule is CCC1CCC(CC)C(C)C1C. The highest BCUT2D eigenvalue weighted by molar-refractivity contribution is 4.81. The molecule has 0 nitrogen and oxygen atoms in total. The molecule has 0 aliphatic heterocycles. The van der Waals surface area contributed by atoms with E-state index in [-0.39, 0.29) is 0 Å². The Morgan fingerprint density at radius 3 is 1.42 bits per heavy atom. The van der Waals surface area contributed by atoms with Crippen molar-refractivity contribution in [2.45, 2.75) is 53.4 Å². The number of hydrogen-bond acceptors (Lipinski definition) is 0. The van der Waals surface area contributed by atoms with E-state index < -0.39 is 0 Å². The molecule has 0 bridgehead atoms. The van der Waals surface area contributed by atoms with Crippen LogP contribution in [0.5, 0.6) is 0 Å². The highest BCUT2D eigenvalue weighted by atomic mass is 14.4. The summed E-state index contributed by atoms with van der Waals surface area (Å²) in [5.74, 6) is 3.97. The van der Waals surface area contributed by atoms with Crippen molar-refractivity contribution in [2.75, 3.05) is 0 Å². The summed E-state index contributed by atoms with van der Waals surface area (Å²) in [7, 11) is 0. The molecule has 0 saturated heterocycles. The average molecular weight is 168 g/mol. The number of hydrogen-bond donors (Lipinski definition) is 0. The van der Waals surface area contributed by atoms with Gasteiger partial charge in [-0.1, -0.05) is 40.5 Å². The van der Waals surface area contributed by atoms with Crippen molar-refractivity contribution >= 4 is 0 Å². The first-order valence-corrected chi connectivity index (χ1v) is 5.70. The van der Waals surface area contributed by atoms with Gasteiger partial charge in [-0.15, -0.1) is 0 Å². The quantitative estimate of drug-likeness (QED) is 0.582. The van der Waals surface area contributed by atoms with Gasteiger partial charge < -0.3 is 0 Å². The molecule has 4 atom stereocenters. The molecule has 0 aromatic carbocycles. The molecule has 0 heteroatoms. The lowest BCUT2D eigenvalue weighted by molar-refractivity contribution is 0.109. The average Bonchev–Trinajstić information content (AvgIpc) is 2.10. The largest absolute Gasteiger partial charge is 0.0651 e. The van der Waals surface area contributed by atoms with Gasteiger partial charge in [-0.25, -0.2) is 0 Å². The summed E-state index contributed by atoms with van der Waals surface area (Å²) in [6, 6.07) is 0. The standard InChI is InChI=1S/C12H24/c1-5-11-7-8-12(6-2)10(4)9(11)3/h9-12H,5-8H2,1-4H3. The minimum atomic E-state index is 0.966. The molecule has 12 heavy (non-hydrogen) atoms. The second-order valence-electron chi connectivity index (χ2n) is 4.63. The maximum atomic E-state index is 2.46. The van der Waals surface area contributed by atoms with Crippen molar-refractivity contribution in [3.63, 3.8) is 0 Å². The first-order valence-electron chi connectivity index (χ1n) is 5.70. The van der Waals surface area contributed by atoms with E-state index in [2.05, 4.69) is 27.7 Å². The van der Waals surface area contributed by atoms with Crippen molar-refractivity contribution in [1.29, 1.82) is 0 Å². The first-order chi connectivity index (χ1) is 5.70. The van der Waals surface area contributed by atoms with E-state index in [9.17, 15) is 0 Å². The first kappa shape index (κ1) is 10.1. The molecule has 0 N–H and O–H groups in total. The topological polar surface area (TPSA) is 0 Å². The summed E-state index contributed by atoms with van der Waals surface area (Å²) in [5, 5.41) is 0. The molecule has 4 unspecified atom stereocenters. The van der Waals surface area contributed by atoms with E-state index in [4.69, 9.17) is 0 Å². The van der Waals surface area contributed by atoms with Crippen molar-refractivity contribution in [3.8, 4) is 0 Å². The molecule has 1 aliphatic carbocycles. The predicted molar refractivity (Wildman–Crippen MR) is 55.1 cm³/mol. The van der Waals surface area contributed by atoms with E-state index >= 15 is 0 Å². The second-order valence-corrected chi connectivity index (χ2v) is 4.63. The smallest absolute Gasteiger partial charge is 0.0386 e. The van der Waals surface area contributed by atoms with Gasteiger partial charge in [0.25, 0.3) is 0 Å². The summed E-state index contributed by atoms with van der Waals surface area (Å²) >= 11 is 0. The summed E-state index contributed by atoms with van der Waals surface area (Å²) < 4.78 is 0. The van der Waals surface area contributed by atoms with Gasteiger partial charge in [-0.2, -0.15) is 0 Å². The van der Waals surface area contributed by atoms with Crippen LogP contribution in [0.1, 0.15) is 53.4 Å². The summed E-state index contributed by atoms with van der Waals surface area (Å²) in [6.45, 7) is 9.61. The molecule has 1 rings (SSSR count). The molecule has 72 valence electrons. The fourth-order valence-corrected chi connectivity index (χ4v) is 2.96. The van der Waals surface area contributed by atoms with E-state index in [0.29, 0.717) is 0 Å². The third-order valence-corrected chi connectivity index (χ3v) is 4.27. The molecule has 0 heterocycles. The van der Waals surface area contributed by atoms with Crippen LogP contribution in [-0.4, -0.2) is 0 Å². The Morgan fingerprint density at radius 2 is 1.17 bits per heavy atom. The predicted octanol–water partition coefficient (Wildman–Crippen LogP) is 4.10. The molecule has 0 radical (unpaired) electrons. The van der Waals surface area contributed by atoms with Crippen LogP contribution in [0.3, 0.4) is 0 Å². The Balaban J connectivity index is 2.52. The van der Waals surface area contributed by atoms with Gasteiger partial charge in [0.1, 0.15) is 0 Å². The second kappa shape index (κ2) is 4.30. The van der Waals surface area contributed by atoms with Crippen molar-refractivity contribution < 1.29 is 0 Å². The third-order valence-electron chi connectivity index (χ3n) is 4.27. The van der Waals surface area contributed by atoms with Crippen LogP contribution >= 0.6 is 0 Å². The Hall–Kier alpha value is 0. The van der Waals surface area contributed by atoms with Crippen molar-refractivity contribution in [1.82, 2.24) is 0 Å². The molecule has 0 aromatic rings. The summed E-state index contributed by atoms with van der Waals surface area (Å²) in [6.07, 6.45) is 5.75. The maximum Gasteiger partial charge on any atom is -0.0386 e. The fourth-order valence-electron chi connectivity index (χ4n) is 2.96. The molecular formula is C12H24. The minimum absolute atomic E-state index is 0.966. The lowest BCUT2D eigenvalue weighted by Crippen LogP contribution is -2.30. The molecule has 0 spiro atoms. The summed E-state index contributed by atoms with van der Waals surface area (Å²) in [5.41, 5.74) is 0.